The standard InChI is InChI=1S/C8H14O2/c1-2-3-4-5-7-10-8-6-9/h2-5,9H,6-8H2,1H3/b3-2+,5-4+. The fourth-order valence-electron chi connectivity index (χ4n) is 0.461. The zero-order valence-electron chi connectivity index (χ0n) is 6.29. The Morgan fingerprint density at radius 2 is 2.20 bits per heavy atom. The predicted octanol–water partition coefficient (Wildman–Crippen LogP) is 1.13. The Morgan fingerprint density at radius 3 is 2.80 bits per heavy atom. The number of hydrogen-bond acceptors (Lipinski definition) is 2. The molecule has 0 bridgehead atoms. The summed E-state index contributed by atoms with van der Waals surface area (Å²) in [6, 6.07) is 0. The molecule has 0 aliphatic rings. The lowest BCUT2D eigenvalue weighted by molar-refractivity contribution is 0.112. The van der Waals surface area contributed by atoms with Crippen LogP contribution in [0.4, 0.5) is 0 Å². The maximum absolute atomic E-state index is 8.31. The summed E-state index contributed by atoms with van der Waals surface area (Å²) >= 11 is 0. The largest absolute Gasteiger partial charge is 0.394 e. The third kappa shape index (κ3) is 7.40. The summed E-state index contributed by atoms with van der Waals surface area (Å²) in [5.74, 6) is 0. The van der Waals surface area contributed by atoms with Crippen LogP contribution in [0.5, 0.6) is 0 Å². The first-order chi connectivity index (χ1) is 4.91. The second-order valence-corrected chi connectivity index (χ2v) is 1.75. The molecule has 0 heterocycles. The average molecular weight is 142 g/mol. The molecule has 0 saturated heterocycles. The number of rotatable bonds is 5. The number of hydrogen-bond donors (Lipinski definition) is 1. The molecule has 0 aliphatic heterocycles. The lowest BCUT2D eigenvalue weighted by atomic mass is 10.4. The Kier molecular flexibility index (Phi) is 7.90. The zero-order chi connectivity index (χ0) is 7.66. The van der Waals surface area contributed by atoms with Crippen molar-refractivity contribution in [3.8, 4) is 0 Å². The van der Waals surface area contributed by atoms with Crippen molar-refractivity contribution in [2.45, 2.75) is 6.92 Å². The summed E-state index contributed by atoms with van der Waals surface area (Å²) in [7, 11) is 0. The SMILES string of the molecule is C/C=C/C=C/COCCO. The highest BCUT2D eigenvalue weighted by Gasteiger charge is 1.77. The van der Waals surface area contributed by atoms with Crippen molar-refractivity contribution < 1.29 is 9.84 Å². The first-order valence-corrected chi connectivity index (χ1v) is 3.38. The predicted molar refractivity (Wildman–Crippen MR) is 41.9 cm³/mol. The molecule has 0 aromatic carbocycles. The first kappa shape index (κ1) is 9.40. The van der Waals surface area contributed by atoms with Crippen LogP contribution in [0, 0.1) is 0 Å². The van der Waals surface area contributed by atoms with E-state index in [1.54, 1.807) is 0 Å². The van der Waals surface area contributed by atoms with E-state index in [1.165, 1.54) is 0 Å². The molecule has 2 heteroatoms. The molecule has 2 nitrogen and oxygen atoms in total. The number of aliphatic hydroxyl groups excluding tert-OH is 1. The summed E-state index contributed by atoms with van der Waals surface area (Å²) in [5.41, 5.74) is 0. The molecule has 0 unspecified atom stereocenters. The van der Waals surface area contributed by atoms with Gasteiger partial charge in [-0.1, -0.05) is 24.3 Å². The minimum absolute atomic E-state index is 0.0947. The molecule has 0 rings (SSSR count). The fraction of sp³-hybridized carbons (Fsp3) is 0.500. The van der Waals surface area contributed by atoms with Crippen LogP contribution >= 0.6 is 0 Å². The van der Waals surface area contributed by atoms with Gasteiger partial charge in [0.05, 0.1) is 19.8 Å². The molecule has 1 N–H and O–H groups in total. The number of aliphatic hydroxyl groups is 1. The molecule has 0 radical (unpaired) electrons. The molecule has 0 aromatic heterocycles. The molecule has 0 atom stereocenters. The smallest absolute Gasteiger partial charge is 0.0701 e. The van der Waals surface area contributed by atoms with E-state index in [0.29, 0.717) is 13.2 Å². The second kappa shape index (κ2) is 8.40. The lowest BCUT2D eigenvalue weighted by Crippen LogP contribution is -1.97. The van der Waals surface area contributed by atoms with Gasteiger partial charge in [0, 0.05) is 0 Å². The molecule has 0 aromatic rings. The Labute approximate surface area is 61.8 Å². The van der Waals surface area contributed by atoms with Crippen LogP contribution in [-0.2, 0) is 4.74 Å². The maximum atomic E-state index is 8.31. The van der Waals surface area contributed by atoms with Gasteiger partial charge in [0.25, 0.3) is 0 Å². The molecular weight excluding hydrogens is 128 g/mol. The third-order valence-electron chi connectivity index (χ3n) is 0.889. The summed E-state index contributed by atoms with van der Waals surface area (Å²) in [6.45, 7) is 3.04. The Morgan fingerprint density at radius 1 is 1.40 bits per heavy atom. The average Bonchev–Trinajstić information content (AvgIpc) is 1.97. The van der Waals surface area contributed by atoms with Gasteiger partial charge in [-0.2, -0.15) is 0 Å². The van der Waals surface area contributed by atoms with Crippen LogP contribution in [0.25, 0.3) is 0 Å². The minimum Gasteiger partial charge on any atom is -0.394 e. The number of allylic oxidation sites excluding steroid dienone is 3. The Bertz CT molecular complexity index is 106. The van der Waals surface area contributed by atoms with Crippen LogP contribution in [0.2, 0.25) is 0 Å². The van der Waals surface area contributed by atoms with Crippen LogP contribution < -0.4 is 0 Å². The van der Waals surface area contributed by atoms with E-state index in [1.807, 2.05) is 31.2 Å². The van der Waals surface area contributed by atoms with Crippen LogP contribution in [0.15, 0.2) is 24.3 Å². The highest BCUT2D eigenvalue weighted by molar-refractivity contribution is 5.00. The minimum atomic E-state index is 0.0947. The van der Waals surface area contributed by atoms with Gasteiger partial charge in [-0.3, -0.25) is 0 Å². The van der Waals surface area contributed by atoms with Crippen molar-refractivity contribution in [1.29, 1.82) is 0 Å². The van der Waals surface area contributed by atoms with Gasteiger partial charge in [0.1, 0.15) is 0 Å². The maximum Gasteiger partial charge on any atom is 0.0701 e. The van der Waals surface area contributed by atoms with Crippen molar-refractivity contribution in [3.05, 3.63) is 24.3 Å². The van der Waals surface area contributed by atoms with E-state index in [4.69, 9.17) is 9.84 Å². The van der Waals surface area contributed by atoms with E-state index in [0.717, 1.165) is 0 Å². The topological polar surface area (TPSA) is 29.5 Å². The molecule has 10 heavy (non-hydrogen) atoms. The van der Waals surface area contributed by atoms with Crippen molar-refractivity contribution in [2.24, 2.45) is 0 Å². The van der Waals surface area contributed by atoms with E-state index in [-0.39, 0.29) is 6.61 Å². The van der Waals surface area contributed by atoms with Gasteiger partial charge >= 0.3 is 0 Å². The van der Waals surface area contributed by atoms with E-state index >= 15 is 0 Å². The second-order valence-electron chi connectivity index (χ2n) is 1.75. The highest BCUT2D eigenvalue weighted by atomic mass is 16.5. The molecule has 58 valence electrons. The van der Waals surface area contributed by atoms with Gasteiger partial charge in [0.2, 0.25) is 0 Å². The molecule has 0 aliphatic carbocycles. The van der Waals surface area contributed by atoms with E-state index < -0.39 is 0 Å². The first-order valence-electron chi connectivity index (χ1n) is 3.38. The molecule has 0 spiro atoms. The molecule has 0 saturated carbocycles. The Balaban J connectivity index is 3.02. The summed E-state index contributed by atoms with van der Waals surface area (Å²) < 4.78 is 4.96. The Hall–Kier alpha value is -0.600. The lowest BCUT2D eigenvalue weighted by Gasteiger charge is -1.93. The third-order valence-corrected chi connectivity index (χ3v) is 0.889. The molecule has 0 fully saturated rings. The molecular formula is C8H14O2. The highest BCUT2D eigenvalue weighted by Crippen LogP contribution is 1.78. The van der Waals surface area contributed by atoms with Crippen LogP contribution in [-0.4, -0.2) is 24.9 Å². The van der Waals surface area contributed by atoms with E-state index in [2.05, 4.69) is 0 Å². The van der Waals surface area contributed by atoms with Crippen molar-refractivity contribution in [3.63, 3.8) is 0 Å². The number of ether oxygens (including phenoxy) is 1. The van der Waals surface area contributed by atoms with Crippen LogP contribution in [0.3, 0.4) is 0 Å². The van der Waals surface area contributed by atoms with Gasteiger partial charge in [-0.15, -0.1) is 0 Å². The van der Waals surface area contributed by atoms with Crippen LogP contribution in [0.1, 0.15) is 6.92 Å². The van der Waals surface area contributed by atoms with Crippen molar-refractivity contribution >= 4 is 0 Å². The van der Waals surface area contributed by atoms with E-state index in [9.17, 15) is 0 Å². The zero-order valence-corrected chi connectivity index (χ0v) is 6.29. The van der Waals surface area contributed by atoms with Gasteiger partial charge in [-0.25, -0.2) is 0 Å². The quantitative estimate of drug-likeness (QED) is 0.460. The van der Waals surface area contributed by atoms with Gasteiger partial charge < -0.3 is 9.84 Å². The summed E-state index contributed by atoms with van der Waals surface area (Å²) in [5, 5.41) is 8.31. The summed E-state index contributed by atoms with van der Waals surface area (Å²) in [4.78, 5) is 0. The van der Waals surface area contributed by atoms with Crippen molar-refractivity contribution in [2.75, 3.05) is 19.8 Å². The normalized spacial score (nSPS) is 11.8. The summed E-state index contributed by atoms with van der Waals surface area (Å²) in [6.07, 6.45) is 7.69. The fourth-order valence-corrected chi connectivity index (χ4v) is 0.461. The molecule has 0 amide bonds. The van der Waals surface area contributed by atoms with Gasteiger partial charge in [-0.05, 0) is 6.92 Å². The van der Waals surface area contributed by atoms with Crippen molar-refractivity contribution in [1.82, 2.24) is 0 Å². The monoisotopic (exact) mass is 142 g/mol. The van der Waals surface area contributed by atoms with Gasteiger partial charge in [0.15, 0.2) is 0 Å².